The van der Waals surface area contributed by atoms with Crippen LogP contribution in [0.3, 0.4) is 0 Å². The Balaban J connectivity index is 2.40. The largest absolute Gasteiger partial charge is 0.288 e. The van der Waals surface area contributed by atoms with Gasteiger partial charge in [0, 0.05) is 10.6 Å². The van der Waals surface area contributed by atoms with Crippen LogP contribution in [0.25, 0.3) is 0 Å². The third-order valence-electron chi connectivity index (χ3n) is 2.49. The minimum Gasteiger partial charge on any atom is -0.288 e. The maximum Gasteiger partial charge on any atom is 0.195 e. The molecule has 17 heavy (non-hydrogen) atoms. The van der Waals surface area contributed by atoms with Crippen LogP contribution in [0.1, 0.15) is 21.5 Å². The van der Waals surface area contributed by atoms with Gasteiger partial charge in [0.2, 0.25) is 0 Å². The first-order valence-corrected chi connectivity index (χ1v) is 5.52. The van der Waals surface area contributed by atoms with Gasteiger partial charge in [-0.05, 0) is 25.1 Å². The summed E-state index contributed by atoms with van der Waals surface area (Å²) in [7, 11) is 0. The highest BCUT2D eigenvalue weighted by Gasteiger charge is 2.13. The number of rotatable bonds is 2. The normalized spacial score (nSPS) is 10.3. The van der Waals surface area contributed by atoms with Crippen molar-refractivity contribution in [1.82, 2.24) is 0 Å². The van der Waals surface area contributed by atoms with Crippen molar-refractivity contribution in [3.05, 3.63) is 70.0 Å². The Hall–Kier alpha value is -1.67. The summed E-state index contributed by atoms with van der Waals surface area (Å²) < 4.78 is 13.6. The summed E-state index contributed by atoms with van der Waals surface area (Å²) in [6.07, 6.45) is 0. The first-order chi connectivity index (χ1) is 8.08. The second-order valence-corrected chi connectivity index (χ2v) is 4.26. The van der Waals surface area contributed by atoms with E-state index < -0.39 is 5.82 Å². The zero-order chi connectivity index (χ0) is 12.4. The minimum atomic E-state index is -0.594. The molecule has 0 aliphatic carbocycles. The van der Waals surface area contributed by atoms with Crippen LogP contribution in [0.15, 0.2) is 42.5 Å². The quantitative estimate of drug-likeness (QED) is 0.734. The third kappa shape index (κ3) is 2.53. The average molecular weight is 249 g/mol. The molecule has 0 N–H and O–H groups in total. The summed E-state index contributed by atoms with van der Waals surface area (Å²) in [5.41, 5.74) is 1.56. The van der Waals surface area contributed by atoms with E-state index in [2.05, 4.69) is 0 Å². The Morgan fingerprint density at radius 2 is 1.76 bits per heavy atom. The van der Waals surface area contributed by atoms with Gasteiger partial charge < -0.3 is 0 Å². The molecule has 0 aliphatic heterocycles. The third-order valence-corrected chi connectivity index (χ3v) is 2.72. The van der Waals surface area contributed by atoms with Crippen molar-refractivity contribution in [3.63, 3.8) is 0 Å². The smallest absolute Gasteiger partial charge is 0.195 e. The molecule has 0 saturated carbocycles. The standard InChI is InChI=1S/C14H10ClFO/c1-9-2-4-10(5-3-9)14(17)12-7-6-11(15)8-13(12)16/h2-8H,1H3. The van der Waals surface area contributed by atoms with E-state index >= 15 is 0 Å². The number of halogens is 2. The van der Waals surface area contributed by atoms with Crippen LogP contribution in [-0.2, 0) is 0 Å². The summed E-state index contributed by atoms with van der Waals surface area (Å²) in [6, 6.07) is 11.1. The van der Waals surface area contributed by atoms with Gasteiger partial charge >= 0.3 is 0 Å². The summed E-state index contributed by atoms with van der Waals surface area (Å²) in [5, 5.41) is 0.281. The van der Waals surface area contributed by atoms with Crippen molar-refractivity contribution in [3.8, 4) is 0 Å². The van der Waals surface area contributed by atoms with Gasteiger partial charge in [-0.1, -0.05) is 41.4 Å². The van der Waals surface area contributed by atoms with Crippen molar-refractivity contribution in [2.24, 2.45) is 0 Å². The first-order valence-electron chi connectivity index (χ1n) is 5.14. The molecule has 0 saturated heterocycles. The van der Waals surface area contributed by atoms with Gasteiger partial charge in [-0.3, -0.25) is 4.79 Å². The molecular formula is C14H10ClFO. The van der Waals surface area contributed by atoms with Crippen LogP contribution in [-0.4, -0.2) is 5.78 Å². The zero-order valence-corrected chi connectivity index (χ0v) is 9.96. The number of hydrogen-bond donors (Lipinski definition) is 0. The highest BCUT2D eigenvalue weighted by molar-refractivity contribution is 6.30. The van der Waals surface area contributed by atoms with Gasteiger partial charge in [0.1, 0.15) is 5.82 Å². The molecule has 0 heterocycles. The van der Waals surface area contributed by atoms with Gasteiger partial charge in [0.15, 0.2) is 5.78 Å². The van der Waals surface area contributed by atoms with E-state index in [1.165, 1.54) is 12.1 Å². The molecule has 0 spiro atoms. The van der Waals surface area contributed by atoms with Crippen LogP contribution < -0.4 is 0 Å². The van der Waals surface area contributed by atoms with Gasteiger partial charge in [-0.25, -0.2) is 4.39 Å². The molecule has 3 heteroatoms. The van der Waals surface area contributed by atoms with E-state index in [1.807, 2.05) is 19.1 Å². The molecule has 0 aromatic heterocycles. The maximum atomic E-state index is 13.6. The van der Waals surface area contributed by atoms with Gasteiger partial charge in [-0.2, -0.15) is 0 Å². The fourth-order valence-electron chi connectivity index (χ4n) is 1.53. The summed E-state index contributed by atoms with van der Waals surface area (Å²) in [6.45, 7) is 1.93. The zero-order valence-electron chi connectivity index (χ0n) is 9.21. The van der Waals surface area contributed by atoms with Gasteiger partial charge in [-0.15, -0.1) is 0 Å². The van der Waals surface area contributed by atoms with Crippen molar-refractivity contribution >= 4 is 17.4 Å². The lowest BCUT2D eigenvalue weighted by molar-refractivity contribution is 0.103. The van der Waals surface area contributed by atoms with Crippen molar-refractivity contribution in [2.75, 3.05) is 0 Å². The average Bonchev–Trinajstić information content (AvgIpc) is 2.29. The Morgan fingerprint density at radius 1 is 1.12 bits per heavy atom. The van der Waals surface area contributed by atoms with E-state index in [9.17, 15) is 9.18 Å². The van der Waals surface area contributed by atoms with Crippen LogP contribution in [0.4, 0.5) is 4.39 Å². The second-order valence-electron chi connectivity index (χ2n) is 3.82. The Morgan fingerprint density at radius 3 is 2.35 bits per heavy atom. The number of aryl methyl sites for hydroxylation is 1. The lowest BCUT2D eigenvalue weighted by Gasteiger charge is -2.03. The number of carbonyl (C=O) groups is 1. The molecule has 86 valence electrons. The Kier molecular flexibility index (Phi) is 3.25. The highest BCUT2D eigenvalue weighted by Crippen LogP contribution is 2.18. The van der Waals surface area contributed by atoms with Crippen LogP contribution in [0.2, 0.25) is 5.02 Å². The predicted octanol–water partition coefficient (Wildman–Crippen LogP) is 4.02. The molecule has 0 atom stereocenters. The van der Waals surface area contributed by atoms with E-state index in [-0.39, 0.29) is 16.4 Å². The number of hydrogen-bond acceptors (Lipinski definition) is 1. The lowest BCUT2D eigenvalue weighted by Crippen LogP contribution is -2.04. The molecule has 2 rings (SSSR count). The van der Waals surface area contributed by atoms with Gasteiger partial charge in [0.25, 0.3) is 0 Å². The first kappa shape index (κ1) is 11.8. The molecule has 0 radical (unpaired) electrons. The molecule has 0 aliphatic rings. The Labute approximate surface area is 104 Å². The highest BCUT2D eigenvalue weighted by atomic mass is 35.5. The van der Waals surface area contributed by atoms with Crippen LogP contribution >= 0.6 is 11.6 Å². The number of carbonyl (C=O) groups excluding carboxylic acids is 1. The van der Waals surface area contributed by atoms with E-state index in [0.29, 0.717) is 5.56 Å². The van der Waals surface area contributed by atoms with E-state index in [1.54, 1.807) is 12.1 Å². The van der Waals surface area contributed by atoms with Gasteiger partial charge in [0.05, 0.1) is 5.56 Å². The van der Waals surface area contributed by atoms with Crippen molar-refractivity contribution < 1.29 is 9.18 Å². The molecule has 0 unspecified atom stereocenters. The molecular weight excluding hydrogens is 239 g/mol. The topological polar surface area (TPSA) is 17.1 Å². The predicted molar refractivity (Wildman–Crippen MR) is 66.0 cm³/mol. The molecule has 1 nitrogen and oxygen atoms in total. The fraction of sp³-hybridized carbons (Fsp3) is 0.0714. The SMILES string of the molecule is Cc1ccc(C(=O)c2ccc(Cl)cc2F)cc1. The summed E-state index contributed by atoms with van der Waals surface area (Å²) >= 11 is 5.64. The molecule has 0 amide bonds. The number of ketones is 1. The summed E-state index contributed by atoms with van der Waals surface area (Å²) in [5.74, 6) is -0.928. The Bertz CT molecular complexity index is 561. The van der Waals surface area contributed by atoms with Crippen LogP contribution in [0.5, 0.6) is 0 Å². The maximum absolute atomic E-state index is 13.6. The van der Waals surface area contributed by atoms with Crippen molar-refractivity contribution in [2.45, 2.75) is 6.92 Å². The van der Waals surface area contributed by atoms with Crippen LogP contribution in [0, 0.1) is 12.7 Å². The number of benzene rings is 2. The summed E-state index contributed by atoms with van der Waals surface area (Å²) in [4.78, 5) is 12.0. The fourth-order valence-corrected chi connectivity index (χ4v) is 1.69. The molecule has 2 aromatic rings. The van der Waals surface area contributed by atoms with E-state index in [0.717, 1.165) is 11.6 Å². The molecule has 2 aromatic carbocycles. The lowest BCUT2D eigenvalue weighted by atomic mass is 10.0. The molecule has 0 bridgehead atoms. The molecule has 0 fully saturated rings. The monoisotopic (exact) mass is 248 g/mol. The van der Waals surface area contributed by atoms with E-state index in [4.69, 9.17) is 11.6 Å². The minimum absolute atomic E-state index is 0.0400. The van der Waals surface area contributed by atoms with Crippen molar-refractivity contribution in [1.29, 1.82) is 0 Å². The second kappa shape index (κ2) is 4.68.